The average molecular weight is 223 g/mol. The summed E-state index contributed by atoms with van der Waals surface area (Å²) in [5.41, 5.74) is 6.65. The average Bonchev–Trinajstić information content (AvgIpc) is 2.80. The molecule has 3 N–H and O–H groups in total. The SMILES string of the molecule is N[C@@H](c1cccc(F)c1)[C@H](O)C1CCCC1. The zero-order chi connectivity index (χ0) is 11.5. The van der Waals surface area contributed by atoms with Crippen LogP contribution in [0.4, 0.5) is 4.39 Å². The van der Waals surface area contributed by atoms with Gasteiger partial charge in [0.15, 0.2) is 0 Å². The van der Waals surface area contributed by atoms with Crippen molar-refractivity contribution in [2.75, 3.05) is 0 Å². The Labute approximate surface area is 95.3 Å². The van der Waals surface area contributed by atoms with Gasteiger partial charge in [-0.2, -0.15) is 0 Å². The van der Waals surface area contributed by atoms with Gasteiger partial charge in [0.2, 0.25) is 0 Å². The molecule has 3 heteroatoms. The molecule has 0 saturated heterocycles. The van der Waals surface area contributed by atoms with Crippen molar-refractivity contribution in [2.45, 2.75) is 37.8 Å². The van der Waals surface area contributed by atoms with Crippen LogP contribution in [0.25, 0.3) is 0 Å². The molecule has 0 aromatic heterocycles. The molecule has 88 valence electrons. The largest absolute Gasteiger partial charge is 0.391 e. The number of aliphatic hydroxyl groups excluding tert-OH is 1. The number of benzene rings is 1. The first-order valence-corrected chi connectivity index (χ1v) is 5.87. The molecular formula is C13H18FNO. The van der Waals surface area contributed by atoms with Crippen LogP contribution in [0.3, 0.4) is 0 Å². The predicted molar refractivity (Wildman–Crippen MR) is 61.3 cm³/mol. The Morgan fingerprint density at radius 3 is 2.62 bits per heavy atom. The zero-order valence-corrected chi connectivity index (χ0v) is 9.27. The summed E-state index contributed by atoms with van der Waals surface area (Å²) in [7, 11) is 0. The second-order valence-corrected chi connectivity index (χ2v) is 4.62. The smallest absolute Gasteiger partial charge is 0.123 e. The van der Waals surface area contributed by atoms with E-state index in [-0.39, 0.29) is 11.7 Å². The molecule has 1 fully saturated rings. The molecule has 0 radical (unpaired) electrons. The van der Waals surface area contributed by atoms with Gasteiger partial charge in [0.25, 0.3) is 0 Å². The van der Waals surface area contributed by atoms with Gasteiger partial charge in [-0.15, -0.1) is 0 Å². The minimum Gasteiger partial charge on any atom is -0.391 e. The fourth-order valence-corrected chi connectivity index (χ4v) is 2.50. The highest BCUT2D eigenvalue weighted by Crippen LogP contribution is 2.32. The van der Waals surface area contributed by atoms with Gasteiger partial charge >= 0.3 is 0 Å². The molecule has 2 rings (SSSR count). The van der Waals surface area contributed by atoms with Gasteiger partial charge in [-0.05, 0) is 36.5 Å². The van der Waals surface area contributed by atoms with Gasteiger partial charge in [-0.1, -0.05) is 25.0 Å². The highest BCUT2D eigenvalue weighted by Gasteiger charge is 2.28. The summed E-state index contributed by atoms with van der Waals surface area (Å²) in [4.78, 5) is 0. The van der Waals surface area contributed by atoms with Gasteiger partial charge in [-0.25, -0.2) is 4.39 Å². The minimum atomic E-state index is -0.552. The number of nitrogens with two attached hydrogens (primary N) is 1. The fraction of sp³-hybridized carbons (Fsp3) is 0.538. The molecular weight excluding hydrogens is 205 g/mol. The quantitative estimate of drug-likeness (QED) is 0.826. The Hall–Kier alpha value is -0.930. The maximum absolute atomic E-state index is 13.0. The second-order valence-electron chi connectivity index (χ2n) is 4.62. The van der Waals surface area contributed by atoms with Crippen LogP contribution in [-0.2, 0) is 0 Å². The third kappa shape index (κ3) is 2.42. The molecule has 1 saturated carbocycles. The first-order valence-electron chi connectivity index (χ1n) is 5.87. The van der Waals surface area contributed by atoms with Crippen molar-refractivity contribution in [3.8, 4) is 0 Å². The van der Waals surface area contributed by atoms with E-state index in [1.54, 1.807) is 12.1 Å². The van der Waals surface area contributed by atoms with E-state index in [4.69, 9.17) is 5.73 Å². The summed E-state index contributed by atoms with van der Waals surface area (Å²) in [5.74, 6) is -0.0233. The molecule has 0 spiro atoms. The van der Waals surface area contributed by atoms with Gasteiger partial charge in [0, 0.05) is 0 Å². The van der Waals surface area contributed by atoms with Crippen molar-refractivity contribution in [2.24, 2.45) is 11.7 Å². The van der Waals surface area contributed by atoms with E-state index in [1.165, 1.54) is 12.1 Å². The fourth-order valence-electron chi connectivity index (χ4n) is 2.50. The van der Waals surface area contributed by atoms with E-state index < -0.39 is 12.1 Å². The van der Waals surface area contributed by atoms with Crippen LogP contribution in [0.1, 0.15) is 37.3 Å². The molecule has 1 aromatic rings. The third-order valence-corrected chi connectivity index (χ3v) is 3.48. The van der Waals surface area contributed by atoms with Gasteiger partial charge in [0.05, 0.1) is 12.1 Å². The summed E-state index contributed by atoms with van der Waals surface area (Å²) in [6, 6.07) is 5.72. The number of halogens is 1. The van der Waals surface area contributed by atoms with Crippen LogP contribution in [0.15, 0.2) is 24.3 Å². The number of hydrogen-bond acceptors (Lipinski definition) is 2. The summed E-state index contributed by atoms with van der Waals surface area (Å²) in [6.07, 6.45) is 3.84. The molecule has 0 unspecified atom stereocenters. The van der Waals surface area contributed by atoms with Gasteiger partial charge in [0.1, 0.15) is 5.82 Å². The standard InChI is InChI=1S/C13H18FNO/c14-11-7-3-6-10(8-11)12(15)13(16)9-4-1-2-5-9/h3,6-9,12-13,16H,1-2,4-5,15H2/t12-,13+/m0/s1. The molecule has 1 aromatic carbocycles. The van der Waals surface area contributed by atoms with Crippen LogP contribution >= 0.6 is 0 Å². The maximum Gasteiger partial charge on any atom is 0.123 e. The Balaban J connectivity index is 2.08. The number of hydrogen-bond donors (Lipinski definition) is 2. The normalized spacial score (nSPS) is 20.9. The van der Waals surface area contributed by atoms with Crippen LogP contribution in [0.5, 0.6) is 0 Å². The lowest BCUT2D eigenvalue weighted by Gasteiger charge is -2.24. The molecule has 1 aliphatic rings. The van der Waals surface area contributed by atoms with E-state index in [0.717, 1.165) is 25.7 Å². The Bertz CT molecular complexity index is 350. The van der Waals surface area contributed by atoms with Crippen LogP contribution in [-0.4, -0.2) is 11.2 Å². The van der Waals surface area contributed by atoms with Crippen molar-refractivity contribution in [1.29, 1.82) is 0 Å². The highest BCUT2D eigenvalue weighted by atomic mass is 19.1. The molecule has 0 heterocycles. The predicted octanol–water partition coefficient (Wildman–Crippen LogP) is 2.38. The minimum absolute atomic E-state index is 0.276. The van der Waals surface area contributed by atoms with Crippen LogP contribution < -0.4 is 5.73 Å². The molecule has 0 aliphatic heterocycles. The highest BCUT2D eigenvalue weighted by molar-refractivity contribution is 5.21. The molecule has 1 aliphatic carbocycles. The topological polar surface area (TPSA) is 46.2 Å². The van der Waals surface area contributed by atoms with E-state index >= 15 is 0 Å². The summed E-state index contributed by atoms with van der Waals surface area (Å²) in [6.45, 7) is 0. The lowest BCUT2D eigenvalue weighted by atomic mass is 9.91. The summed E-state index contributed by atoms with van der Waals surface area (Å²) < 4.78 is 13.0. The summed E-state index contributed by atoms with van der Waals surface area (Å²) in [5, 5.41) is 10.1. The number of rotatable bonds is 3. The van der Waals surface area contributed by atoms with Crippen molar-refractivity contribution in [3.05, 3.63) is 35.6 Å². The lowest BCUT2D eigenvalue weighted by molar-refractivity contribution is 0.0844. The first-order chi connectivity index (χ1) is 7.68. The lowest BCUT2D eigenvalue weighted by Crippen LogP contribution is -2.31. The van der Waals surface area contributed by atoms with Crippen LogP contribution in [0, 0.1) is 11.7 Å². The summed E-state index contributed by atoms with van der Waals surface area (Å²) >= 11 is 0. The van der Waals surface area contributed by atoms with E-state index in [0.29, 0.717) is 5.56 Å². The van der Waals surface area contributed by atoms with Crippen molar-refractivity contribution < 1.29 is 9.50 Å². The third-order valence-electron chi connectivity index (χ3n) is 3.48. The van der Waals surface area contributed by atoms with Crippen LogP contribution in [0.2, 0.25) is 0 Å². The van der Waals surface area contributed by atoms with Gasteiger partial charge in [-0.3, -0.25) is 0 Å². The van der Waals surface area contributed by atoms with E-state index in [2.05, 4.69) is 0 Å². The maximum atomic E-state index is 13.0. The molecule has 2 atom stereocenters. The second kappa shape index (κ2) is 4.93. The Morgan fingerprint density at radius 1 is 1.31 bits per heavy atom. The number of aliphatic hydroxyl groups is 1. The zero-order valence-electron chi connectivity index (χ0n) is 9.27. The van der Waals surface area contributed by atoms with Crippen molar-refractivity contribution >= 4 is 0 Å². The molecule has 16 heavy (non-hydrogen) atoms. The van der Waals surface area contributed by atoms with E-state index in [1.807, 2.05) is 0 Å². The van der Waals surface area contributed by atoms with Crippen molar-refractivity contribution in [1.82, 2.24) is 0 Å². The monoisotopic (exact) mass is 223 g/mol. The van der Waals surface area contributed by atoms with E-state index in [9.17, 15) is 9.50 Å². The Morgan fingerprint density at radius 2 is 2.00 bits per heavy atom. The molecule has 2 nitrogen and oxygen atoms in total. The molecule has 0 bridgehead atoms. The van der Waals surface area contributed by atoms with Crippen molar-refractivity contribution in [3.63, 3.8) is 0 Å². The first kappa shape index (κ1) is 11.6. The van der Waals surface area contributed by atoms with Gasteiger partial charge < -0.3 is 10.8 Å². The molecule has 0 amide bonds. The Kier molecular flexibility index (Phi) is 3.56.